The highest BCUT2D eigenvalue weighted by molar-refractivity contribution is 5.94. The first-order valence-electron chi connectivity index (χ1n) is 13.7. The number of hydrogen-bond acceptors (Lipinski definition) is 6. The number of nitrogens with one attached hydrogen (secondary N) is 3. The van der Waals surface area contributed by atoms with Gasteiger partial charge < -0.3 is 25.8 Å². The summed E-state index contributed by atoms with van der Waals surface area (Å²) in [5, 5.41) is 19.2. The molecule has 5 unspecified atom stereocenters. The van der Waals surface area contributed by atoms with Gasteiger partial charge in [-0.3, -0.25) is 19.3 Å². The molecule has 2 aliphatic heterocycles. The number of amides is 3. The third kappa shape index (κ3) is 8.16. The molecule has 2 aliphatic rings. The van der Waals surface area contributed by atoms with Crippen LogP contribution in [0.3, 0.4) is 0 Å². The first kappa shape index (κ1) is 30.8. The molecule has 2 aromatic rings. The summed E-state index contributed by atoms with van der Waals surface area (Å²) in [6.07, 6.45) is 1.69. The average molecular weight is 551 g/mol. The van der Waals surface area contributed by atoms with E-state index in [0.29, 0.717) is 12.2 Å². The van der Waals surface area contributed by atoms with Crippen LogP contribution in [0.25, 0.3) is 6.08 Å². The van der Waals surface area contributed by atoms with Crippen molar-refractivity contribution in [2.75, 3.05) is 14.1 Å². The zero-order chi connectivity index (χ0) is 29.4. The van der Waals surface area contributed by atoms with Crippen LogP contribution < -0.4 is 20.7 Å². The van der Waals surface area contributed by atoms with Gasteiger partial charge in [0, 0.05) is 6.20 Å². The summed E-state index contributed by atoms with van der Waals surface area (Å²) >= 11 is 0. The molecular formula is C31H42N4O5. The maximum absolute atomic E-state index is 13.9. The molecule has 0 aromatic heterocycles. The second kappa shape index (κ2) is 14.1. The molecule has 0 saturated heterocycles. The van der Waals surface area contributed by atoms with E-state index in [9.17, 15) is 19.5 Å². The van der Waals surface area contributed by atoms with E-state index in [2.05, 4.69) is 16.0 Å². The number of carbonyl (C=O) groups excluding carboxylic acids is 3. The van der Waals surface area contributed by atoms with Crippen LogP contribution in [0.15, 0.2) is 60.8 Å². The quantitative estimate of drug-likeness (QED) is 0.401. The minimum Gasteiger partial charge on any atom is -0.487 e. The Balaban J connectivity index is 2.01. The molecule has 9 nitrogen and oxygen atoms in total. The van der Waals surface area contributed by atoms with Crippen molar-refractivity contribution in [2.24, 2.45) is 11.8 Å². The molecule has 2 heterocycles. The standard InChI is InChI=1S/C31H42N4O5/c1-19(2)27(36)25-30(38)32-17-16-21-12-14-23(15-13-21)40-28(20(3)4)26(31(39)33-25)34-29(37)24(35(5)6)18-22-10-8-7-9-11-22/h7-17,19-20,24-28,36H,18H2,1-6H3,(H,32,38)(H,33,39)(H,34,37)/b17-16+. The highest BCUT2D eigenvalue weighted by Crippen LogP contribution is 2.21. The average Bonchev–Trinajstić information content (AvgIpc) is 2.92. The van der Waals surface area contributed by atoms with Crippen molar-refractivity contribution in [1.29, 1.82) is 0 Å². The maximum atomic E-state index is 13.9. The number of benzene rings is 2. The van der Waals surface area contributed by atoms with Crippen molar-refractivity contribution in [3.05, 3.63) is 71.9 Å². The number of aliphatic hydroxyl groups is 1. The second-order valence-corrected chi connectivity index (χ2v) is 11.1. The Kier molecular flexibility index (Phi) is 10.9. The first-order chi connectivity index (χ1) is 19.0. The number of ether oxygens (including phenoxy) is 1. The molecular weight excluding hydrogens is 508 g/mol. The van der Waals surface area contributed by atoms with Crippen molar-refractivity contribution in [3.63, 3.8) is 0 Å². The second-order valence-electron chi connectivity index (χ2n) is 11.1. The Morgan fingerprint density at radius 2 is 1.65 bits per heavy atom. The van der Waals surface area contributed by atoms with Crippen molar-refractivity contribution in [1.82, 2.24) is 20.9 Å². The zero-order valence-corrected chi connectivity index (χ0v) is 24.1. The normalized spacial score (nSPS) is 22.2. The third-order valence-electron chi connectivity index (χ3n) is 7.02. The SMILES string of the molecule is CC(C)C(O)C1NC(=O)C(NC(=O)C(Cc2ccccc2)N(C)C)C(C(C)C)Oc2ccc(cc2)/C=C/NC1=O. The number of carbonyl (C=O) groups is 3. The van der Waals surface area contributed by atoms with E-state index in [1.54, 1.807) is 37.0 Å². The Labute approximate surface area is 237 Å². The van der Waals surface area contributed by atoms with Gasteiger partial charge in [-0.1, -0.05) is 70.2 Å². The number of rotatable bonds is 8. The van der Waals surface area contributed by atoms with Crippen LogP contribution in [0.4, 0.5) is 0 Å². The molecule has 40 heavy (non-hydrogen) atoms. The van der Waals surface area contributed by atoms with Gasteiger partial charge in [0.15, 0.2) is 0 Å². The first-order valence-corrected chi connectivity index (χ1v) is 13.7. The summed E-state index contributed by atoms with van der Waals surface area (Å²) in [5.74, 6) is -1.52. The minimum atomic E-state index is -1.25. The van der Waals surface area contributed by atoms with Crippen molar-refractivity contribution in [2.45, 2.75) is 64.4 Å². The van der Waals surface area contributed by atoms with E-state index in [1.165, 1.54) is 6.20 Å². The number of hydrogen-bond donors (Lipinski definition) is 4. The van der Waals surface area contributed by atoms with Gasteiger partial charge in [0.25, 0.3) is 0 Å². The van der Waals surface area contributed by atoms with Crippen LogP contribution in [0.2, 0.25) is 0 Å². The number of fused-ring (bicyclic) bond motifs is 10. The molecule has 0 fully saturated rings. The van der Waals surface area contributed by atoms with Crippen molar-refractivity contribution >= 4 is 23.8 Å². The summed E-state index contributed by atoms with van der Waals surface area (Å²) in [6, 6.07) is 13.9. The Morgan fingerprint density at radius 1 is 1.00 bits per heavy atom. The van der Waals surface area contributed by atoms with E-state index >= 15 is 0 Å². The van der Waals surface area contributed by atoms with E-state index in [-0.39, 0.29) is 17.7 Å². The lowest BCUT2D eigenvalue weighted by atomic mass is 9.95. The van der Waals surface area contributed by atoms with Crippen LogP contribution in [0.5, 0.6) is 5.75 Å². The van der Waals surface area contributed by atoms with Gasteiger partial charge >= 0.3 is 0 Å². The van der Waals surface area contributed by atoms with Gasteiger partial charge in [0.1, 0.15) is 23.9 Å². The summed E-state index contributed by atoms with van der Waals surface area (Å²) in [7, 11) is 3.62. The maximum Gasteiger partial charge on any atom is 0.249 e. The zero-order valence-electron chi connectivity index (χ0n) is 24.1. The molecule has 4 rings (SSSR count). The fourth-order valence-corrected chi connectivity index (χ4v) is 4.54. The number of nitrogens with zero attached hydrogens (tertiary/aromatic N) is 1. The fourth-order valence-electron chi connectivity index (χ4n) is 4.54. The lowest BCUT2D eigenvalue weighted by Gasteiger charge is -2.34. The largest absolute Gasteiger partial charge is 0.487 e. The van der Waals surface area contributed by atoms with Crippen molar-refractivity contribution < 1.29 is 24.2 Å². The highest BCUT2D eigenvalue weighted by atomic mass is 16.5. The van der Waals surface area contributed by atoms with Crippen LogP contribution in [0, 0.1) is 11.8 Å². The summed E-state index contributed by atoms with van der Waals surface area (Å²) < 4.78 is 6.31. The monoisotopic (exact) mass is 550 g/mol. The predicted molar refractivity (Wildman–Crippen MR) is 155 cm³/mol. The minimum absolute atomic E-state index is 0.197. The van der Waals surface area contributed by atoms with E-state index < -0.39 is 42.1 Å². The van der Waals surface area contributed by atoms with Gasteiger partial charge in [0.05, 0.1) is 12.1 Å². The highest BCUT2D eigenvalue weighted by Gasteiger charge is 2.39. The molecule has 2 aromatic carbocycles. The van der Waals surface area contributed by atoms with E-state index in [1.807, 2.05) is 70.4 Å². The Morgan fingerprint density at radius 3 is 2.23 bits per heavy atom. The summed E-state index contributed by atoms with van der Waals surface area (Å²) in [5.41, 5.74) is 1.81. The smallest absolute Gasteiger partial charge is 0.249 e. The topological polar surface area (TPSA) is 120 Å². The molecule has 3 amide bonds. The van der Waals surface area contributed by atoms with Crippen molar-refractivity contribution in [3.8, 4) is 5.75 Å². The molecule has 0 radical (unpaired) electrons. The van der Waals surface area contributed by atoms with Crippen LogP contribution in [-0.4, -0.2) is 72.2 Å². The molecule has 5 atom stereocenters. The molecule has 216 valence electrons. The predicted octanol–water partition coefficient (Wildman–Crippen LogP) is 2.35. The van der Waals surface area contributed by atoms with Gasteiger partial charge in [0.2, 0.25) is 17.7 Å². The van der Waals surface area contributed by atoms with Crippen LogP contribution in [0.1, 0.15) is 38.8 Å². The Bertz CT molecular complexity index is 1160. The van der Waals surface area contributed by atoms with Gasteiger partial charge in [-0.25, -0.2) is 0 Å². The van der Waals surface area contributed by atoms with Crippen LogP contribution in [-0.2, 0) is 20.8 Å². The molecule has 0 saturated carbocycles. The van der Waals surface area contributed by atoms with Gasteiger partial charge in [-0.2, -0.15) is 0 Å². The number of likely N-dealkylation sites (N-methyl/N-ethyl adjacent to an activating group) is 1. The molecule has 9 heteroatoms. The third-order valence-corrected chi connectivity index (χ3v) is 7.02. The molecule has 0 aliphatic carbocycles. The van der Waals surface area contributed by atoms with E-state index in [4.69, 9.17) is 4.74 Å². The van der Waals surface area contributed by atoms with Gasteiger partial charge in [-0.05, 0) is 61.7 Å². The Hall–Kier alpha value is -3.69. The summed E-state index contributed by atoms with van der Waals surface area (Å²) in [4.78, 5) is 42.5. The molecule has 4 N–H and O–H groups in total. The lowest BCUT2D eigenvalue weighted by Crippen LogP contribution is -2.63. The number of aliphatic hydroxyl groups excluding tert-OH is 1. The van der Waals surface area contributed by atoms with E-state index in [0.717, 1.165) is 11.1 Å². The van der Waals surface area contributed by atoms with Gasteiger partial charge in [-0.15, -0.1) is 0 Å². The lowest BCUT2D eigenvalue weighted by molar-refractivity contribution is -0.137. The fraction of sp³-hybridized carbons (Fsp3) is 0.452. The van der Waals surface area contributed by atoms with Crippen LogP contribution >= 0.6 is 0 Å². The summed E-state index contributed by atoms with van der Waals surface area (Å²) in [6.45, 7) is 7.32. The molecule has 0 spiro atoms. The molecule has 2 bridgehead atoms.